The van der Waals surface area contributed by atoms with Crippen molar-refractivity contribution in [3.8, 4) is 0 Å². The van der Waals surface area contributed by atoms with E-state index in [1.807, 2.05) is 14.0 Å². The molecule has 0 aromatic rings. The van der Waals surface area contributed by atoms with Gasteiger partial charge < -0.3 is 10.0 Å². The third-order valence-corrected chi connectivity index (χ3v) is 2.47. The number of carbonyl (C=O) groups excluding carboxylic acids is 1. The van der Waals surface area contributed by atoms with Gasteiger partial charge in [0.25, 0.3) is 0 Å². The van der Waals surface area contributed by atoms with Crippen LogP contribution in [0.4, 0.5) is 0 Å². The molecule has 1 rings (SSSR count). The quantitative estimate of drug-likeness (QED) is 0.676. The fraction of sp³-hybridized carbons (Fsp3) is 0.889. The average Bonchev–Trinajstić information content (AvgIpc) is 2.00. The number of nitrogens with zero attached hydrogens (tertiary/aromatic N) is 1. The van der Waals surface area contributed by atoms with E-state index in [1.165, 1.54) is 0 Å². The van der Waals surface area contributed by atoms with E-state index in [0.717, 1.165) is 19.4 Å². The molecule has 3 heteroatoms. The Morgan fingerprint density at radius 2 is 2.17 bits per heavy atom. The first-order valence-electron chi connectivity index (χ1n) is 4.55. The summed E-state index contributed by atoms with van der Waals surface area (Å²) >= 11 is 0. The molecule has 3 nitrogen and oxygen atoms in total. The zero-order valence-electron chi connectivity index (χ0n) is 7.79. The van der Waals surface area contributed by atoms with Crippen molar-refractivity contribution in [3.05, 3.63) is 0 Å². The smallest absolute Gasteiger partial charge is 0.222 e. The molecule has 70 valence electrons. The summed E-state index contributed by atoms with van der Waals surface area (Å²) in [6.45, 7) is 2.68. The number of carbonyl (C=O) groups is 1. The van der Waals surface area contributed by atoms with Gasteiger partial charge in [0.15, 0.2) is 0 Å². The Hall–Kier alpha value is -0.570. The van der Waals surface area contributed by atoms with Crippen molar-refractivity contribution in [1.29, 1.82) is 0 Å². The Morgan fingerprint density at radius 1 is 1.58 bits per heavy atom. The van der Waals surface area contributed by atoms with Gasteiger partial charge in [-0.1, -0.05) is 6.92 Å². The van der Waals surface area contributed by atoms with Gasteiger partial charge >= 0.3 is 0 Å². The van der Waals surface area contributed by atoms with Crippen LogP contribution < -0.4 is 0 Å². The molecule has 12 heavy (non-hydrogen) atoms. The van der Waals surface area contributed by atoms with E-state index in [0.29, 0.717) is 12.3 Å². The van der Waals surface area contributed by atoms with Gasteiger partial charge in [0.1, 0.15) is 0 Å². The molecule has 0 bridgehead atoms. The SMILES string of the molecule is CCC(=O)N(C)CC1CC(O)C1. The summed E-state index contributed by atoms with van der Waals surface area (Å²) in [5.41, 5.74) is 0. The molecule has 0 unspecified atom stereocenters. The molecule has 0 spiro atoms. The zero-order chi connectivity index (χ0) is 9.14. The van der Waals surface area contributed by atoms with Crippen LogP contribution >= 0.6 is 0 Å². The van der Waals surface area contributed by atoms with Crippen LogP contribution in [0.3, 0.4) is 0 Å². The molecule has 1 N–H and O–H groups in total. The summed E-state index contributed by atoms with van der Waals surface area (Å²) in [4.78, 5) is 12.9. The molecule has 1 fully saturated rings. The maximum absolute atomic E-state index is 11.1. The predicted octanol–water partition coefficient (Wildman–Crippen LogP) is 0.626. The van der Waals surface area contributed by atoms with E-state index in [2.05, 4.69) is 0 Å². The number of aliphatic hydroxyl groups excluding tert-OH is 1. The Morgan fingerprint density at radius 3 is 2.58 bits per heavy atom. The van der Waals surface area contributed by atoms with E-state index in [-0.39, 0.29) is 12.0 Å². The lowest BCUT2D eigenvalue weighted by Gasteiger charge is -2.34. The molecule has 1 aliphatic carbocycles. The second kappa shape index (κ2) is 3.90. The van der Waals surface area contributed by atoms with Crippen molar-refractivity contribution in [2.75, 3.05) is 13.6 Å². The highest BCUT2D eigenvalue weighted by Gasteiger charge is 2.28. The van der Waals surface area contributed by atoms with Crippen molar-refractivity contribution < 1.29 is 9.90 Å². The van der Waals surface area contributed by atoms with Gasteiger partial charge in [0, 0.05) is 20.0 Å². The Bertz CT molecular complexity index is 164. The minimum atomic E-state index is -0.111. The van der Waals surface area contributed by atoms with E-state index in [1.54, 1.807) is 4.90 Å². The third kappa shape index (κ3) is 2.21. The molecule has 1 amide bonds. The van der Waals surface area contributed by atoms with Crippen molar-refractivity contribution in [3.63, 3.8) is 0 Å². The van der Waals surface area contributed by atoms with E-state index >= 15 is 0 Å². The van der Waals surface area contributed by atoms with E-state index < -0.39 is 0 Å². The second-order valence-electron chi connectivity index (χ2n) is 3.62. The minimum Gasteiger partial charge on any atom is -0.393 e. The summed E-state index contributed by atoms with van der Waals surface area (Å²) in [7, 11) is 1.83. The first-order chi connectivity index (χ1) is 5.63. The van der Waals surface area contributed by atoms with Crippen LogP contribution in [0.5, 0.6) is 0 Å². The van der Waals surface area contributed by atoms with Crippen LogP contribution in [0, 0.1) is 5.92 Å². The third-order valence-electron chi connectivity index (χ3n) is 2.47. The lowest BCUT2D eigenvalue weighted by molar-refractivity contribution is -0.131. The fourth-order valence-electron chi connectivity index (χ4n) is 1.61. The molecule has 0 radical (unpaired) electrons. The summed E-state index contributed by atoms with van der Waals surface area (Å²) < 4.78 is 0. The van der Waals surface area contributed by atoms with Crippen LogP contribution in [0.15, 0.2) is 0 Å². The van der Waals surface area contributed by atoms with Gasteiger partial charge in [-0.2, -0.15) is 0 Å². The summed E-state index contributed by atoms with van der Waals surface area (Å²) in [5, 5.41) is 9.02. The monoisotopic (exact) mass is 171 g/mol. The van der Waals surface area contributed by atoms with Gasteiger partial charge in [-0.25, -0.2) is 0 Å². The van der Waals surface area contributed by atoms with Gasteiger partial charge in [0.2, 0.25) is 5.91 Å². The standard InChI is InChI=1S/C9H17NO2/c1-3-9(12)10(2)6-7-4-8(11)5-7/h7-8,11H,3-6H2,1-2H3. The molecule has 0 aromatic heterocycles. The van der Waals surface area contributed by atoms with Crippen LogP contribution in [0.1, 0.15) is 26.2 Å². The molecular weight excluding hydrogens is 154 g/mol. The number of aliphatic hydroxyl groups is 1. The topological polar surface area (TPSA) is 40.5 Å². The second-order valence-corrected chi connectivity index (χ2v) is 3.62. The molecular formula is C9H17NO2. The van der Waals surface area contributed by atoms with E-state index in [9.17, 15) is 4.79 Å². The molecule has 0 atom stereocenters. The van der Waals surface area contributed by atoms with Gasteiger partial charge in [0.05, 0.1) is 6.10 Å². The Labute approximate surface area is 73.4 Å². The predicted molar refractivity (Wildman–Crippen MR) is 46.7 cm³/mol. The lowest BCUT2D eigenvalue weighted by atomic mass is 9.82. The first kappa shape index (κ1) is 9.52. The number of hydrogen-bond acceptors (Lipinski definition) is 2. The normalized spacial score (nSPS) is 27.9. The van der Waals surface area contributed by atoms with Crippen molar-refractivity contribution in [2.45, 2.75) is 32.3 Å². The van der Waals surface area contributed by atoms with Crippen molar-refractivity contribution >= 4 is 5.91 Å². The van der Waals surface area contributed by atoms with Gasteiger partial charge in [-0.05, 0) is 18.8 Å². The molecule has 0 saturated heterocycles. The molecule has 1 saturated carbocycles. The highest BCUT2D eigenvalue weighted by atomic mass is 16.3. The molecule has 0 heterocycles. The van der Waals surface area contributed by atoms with Gasteiger partial charge in [-0.15, -0.1) is 0 Å². The molecule has 0 aromatic carbocycles. The number of amides is 1. The maximum Gasteiger partial charge on any atom is 0.222 e. The average molecular weight is 171 g/mol. The van der Waals surface area contributed by atoms with Crippen molar-refractivity contribution in [1.82, 2.24) is 4.90 Å². The van der Waals surface area contributed by atoms with Crippen LogP contribution in [0.25, 0.3) is 0 Å². The number of hydrogen-bond donors (Lipinski definition) is 1. The van der Waals surface area contributed by atoms with E-state index in [4.69, 9.17) is 5.11 Å². The molecule has 0 aliphatic heterocycles. The summed E-state index contributed by atoms with van der Waals surface area (Å²) in [6, 6.07) is 0. The minimum absolute atomic E-state index is 0.111. The first-order valence-corrected chi connectivity index (χ1v) is 4.55. The zero-order valence-corrected chi connectivity index (χ0v) is 7.79. The summed E-state index contributed by atoms with van der Waals surface area (Å²) in [5.74, 6) is 0.719. The Balaban J connectivity index is 2.18. The maximum atomic E-state index is 11.1. The van der Waals surface area contributed by atoms with Crippen LogP contribution in [-0.2, 0) is 4.79 Å². The number of rotatable bonds is 3. The fourth-order valence-corrected chi connectivity index (χ4v) is 1.61. The molecule has 1 aliphatic rings. The van der Waals surface area contributed by atoms with Crippen LogP contribution in [-0.4, -0.2) is 35.6 Å². The van der Waals surface area contributed by atoms with Gasteiger partial charge in [-0.3, -0.25) is 4.79 Å². The van der Waals surface area contributed by atoms with Crippen LogP contribution in [0.2, 0.25) is 0 Å². The Kier molecular flexibility index (Phi) is 3.09. The van der Waals surface area contributed by atoms with Crippen molar-refractivity contribution in [2.24, 2.45) is 5.92 Å². The largest absolute Gasteiger partial charge is 0.393 e. The lowest BCUT2D eigenvalue weighted by Crippen LogP contribution is -2.39. The highest BCUT2D eigenvalue weighted by Crippen LogP contribution is 2.27. The highest BCUT2D eigenvalue weighted by molar-refractivity contribution is 5.75. The summed E-state index contributed by atoms with van der Waals surface area (Å²) in [6.07, 6.45) is 2.19.